The van der Waals surface area contributed by atoms with Crippen molar-refractivity contribution in [3.63, 3.8) is 0 Å². The molecule has 1 saturated heterocycles. The molecule has 0 spiro atoms. The molecule has 7 nitrogen and oxygen atoms in total. The van der Waals surface area contributed by atoms with Crippen LogP contribution in [0.2, 0.25) is 0 Å². The molecule has 1 fully saturated rings. The zero-order chi connectivity index (χ0) is 18.4. The van der Waals surface area contributed by atoms with Crippen molar-refractivity contribution in [3.8, 4) is 11.5 Å². The molecule has 0 amide bonds. The van der Waals surface area contributed by atoms with Gasteiger partial charge in [-0.25, -0.2) is 12.7 Å². The van der Waals surface area contributed by atoms with E-state index in [0.29, 0.717) is 25.2 Å². The van der Waals surface area contributed by atoms with Gasteiger partial charge in [-0.3, -0.25) is 4.90 Å². The summed E-state index contributed by atoms with van der Waals surface area (Å²) in [7, 11) is -0.495. The highest BCUT2D eigenvalue weighted by atomic mass is 32.2. The summed E-state index contributed by atoms with van der Waals surface area (Å²) in [5.74, 6) is -0.588. The topological polar surface area (TPSA) is 79.3 Å². The van der Waals surface area contributed by atoms with Crippen molar-refractivity contribution in [2.45, 2.75) is 18.9 Å². The van der Waals surface area contributed by atoms with E-state index in [1.807, 2.05) is 4.90 Å². The van der Waals surface area contributed by atoms with E-state index in [1.54, 1.807) is 6.07 Å². The fraction of sp³-hybridized carbons (Fsp3) is 0.600. The summed E-state index contributed by atoms with van der Waals surface area (Å²) < 4.78 is 60.0. The summed E-state index contributed by atoms with van der Waals surface area (Å²) in [5, 5.41) is 10.1. The number of alkyl halides is 2. The maximum absolute atomic E-state index is 13.0. The van der Waals surface area contributed by atoms with Crippen LogP contribution < -0.4 is 9.47 Å². The van der Waals surface area contributed by atoms with Crippen LogP contribution in [0.3, 0.4) is 0 Å². The van der Waals surface area contributed by atoms with Crippen LogP contribution in [0.1, 0.15) is 5.56 Å². The highest BCUT2D eigenvalue weighted by Crippen LogP contribution is 2.41. The minimum absolute atomic E-state index is 0.0230. The van der Waals surface area contributed by atoms with Crippen molar-refractivity contribution in [3.05, 3.63) is 23.8 Å². The Morgan fingerprint density at radius 3 is 2.64 bits per heavy atom. The van der Waals surface area contributed by atoms with Gasteiger partial charge in [-0.1, -0.05) is 6.07 Å². The largest absolute Gasteiger partial charge is 0.586 e. The normalized spacial score (nSPS) is 25.7. The summed E-state index contributed by atoms with van der Waals surface area (Å²) in [6.45, 7) is 1.11. The van der Waals surface area contributed by atoms with Crippen molar-refractivity contribution >= 4 is 10.0 Å². The first-order valence-electron chi connectivity index (χ1n) is 7.75. The number of hydrogen-bond donors (Lipinski definition) is 1. The number of ether oxygens (including phenoxy) is 2. The fourth-order valence-corrected chi connectivity index (χ4v) is 4.17. The van der Waals surface area contributed by atoms with E-state index >= 15 is 0 Å². The number of rotatable bonds is 5. The van der Waals surface area contributed by atoms with Crippen LogP contribution in [0, 0.1) is 5.92 Å². The van der Waals surface area contributed by atoms with Gasteiger partial charge in [0, 0.05) is 39.6 Å². The number of β-amino-alcohol motifs (C(OH)–C–C–N with tert-alkyl or cyclic N) is 1. The zero-order valence-corrected chi connectivity index (χ0v) is 14.7. The first-order valence-corrected chi connectivity index (χ1v) is 9.36. The van der Waals surface area contributed by atoms with Gasteiger partial charge in [0.15, 0.2) is 11.5 Å². The Bertz CT molecular complexity index is 756. The SMILES string of the molecule is CN(C)S(=O)(=O)C[C@@H]1CN(Cc2ccc3c(c2)OC(F)(F)O3)C[C@H]1O. The summed E-state index contributed by atoms with van der Waals surface area (Å²) in [4.78, 5) is 1.89. The molecule has 3 rings (SSSR count). The molecule has 0 saturated carbocycles. The number of halogens is 2. The standard InChI is InChI=1S/C15H20F2N2O5S/c1-18(2)25(21,22)9-11-7-19(8-12(11)20)6-10-3-4-13-14(5-10)24-15(16,17)23-13/h3-5,11-12,20H,6-9H2,1-2H3/t11-,12+/m0/s1. The Labute approximate surface area is 144 Å². The molecule has 140 valence electrons. The van der Waals surface area contributed by atoms with Crippen molar-refractivity contribution in [1.29, 1.82) is 0 Å². The van der Waals surface area contributed by atoms with Crippen LogP contribution >= 0.6 is 0 Å². The molecule has 1 N–H and O–H groups in total. The van der Waals surface area contributed by atoms with Gasteiger partial charge in [0.05, 0.1) is 11.9 Å². The summed E-state index contributed by atoms with van der Waals surface area (Å²) in [6.07, 6.45) is -4.41. The smallest absolute Gasteiger partial charge is 0.395 e. The van der Waals surface area contributed by atoms with Gasteiger partial charge in [0.25, 0.3) is 0 Å². The average Bonchev–Trinajstić information content (AvgIpc) is 2.96. The van der Waals surface area contributed by atoms with E-state index in [4.69, 9.17) is 0 Å². The van der Waals surface area contributed by atoms with Gasteiger partial charge in [-0.15, -0.1) is 8.78 Å². The lowest BCUT2D eigenvalue weighted by Crippen LogP contribution is -2.33. The molecular formula is C15H20F2N2O5S. The van der Waals surface area contributed by atoms with E-state index in [-0.39, 0.29) is 17.3 Å². The van der Waals surface area contributed by atoms with Crippen LogP contribution in [0.4, 0.5) is 8.78 Å². The number of aliphatic hydroxyl groups excluding tert-OH is 1. The van der Waals surface area contributed by atoms with Gasteiger partial charge in [-0.05, 0) is 17.7 Å². The molecular weight excluding hydrogens is 358 g/mol. The lowest BCUT2D eigenvalue weighted by Gasteiger charge is -2.18. The Balaban J connectivity index is 1.64. The van der Waals surface area contributed by atoms with E-state index in [1.165, 1.54) is 26.2 Å². The Kier molecular flexibility index (Phi) is 4.65. The molecule has 10 heteroatoms. The predicted octanol–water partition coefficient (Wildman–Crippen LogP) is 0.692. The molecule has 0 unspecified atom stereocenters. The third kappa shape index (κ3) is 4.02. The highest BCUT2D eigenvalue weighted by molar-refractivity contribution is 7.89. The van der Waals surface area contributed by atoms with Crippen LogP contribution in [-0.4, -0.2) is 68.1 Å². The lowest BCUT2D eigenvalue weighted by atomic mass is 10.1. The maximum Gasteiger partial charge on any atom is 0.586 e. The van der Waals surface area contributed by atoms with E-state index in [0.717, 1.165) is 4.31 Å². The Morgan fingerprint density at radius 2 is 1.96 bits per heavy atom. The van der Waals surface area contributed by atoms with E-state index in [2.05, 4.69) is 9.47 Å². The molecule has 2 heterocycles. The number of benzene rings is 1. The lowest BCUT2D eigenvalue weighted by molar-refractivity contribution is -0.286. The quantitative estimate of drug-likeness (QED) is 0.812. The van der Waals surface area contributed by atoms with Gasteiger partial charge < -0.3 is 14.6 Å². The molecule has 2 aliphatic rings. The van der Waals surface area contributed by atoms with E-state index in [9.17, 15) is 22.3 Å². The third-order valence-electron chi connectivity index (χ3n) is 4.34. The first kappa shape index (κ1) is 18.3. The number of likely N-dealkylation sites (tertiary alicyclic amines) is 1. The number of fused-ring (bicyclic) bond motifs is 1. The van der Waals surface area contributed by atoms with Crippen molar-refractivity contribution < 1.29 is 31.8 Å². The molecule has 0 radical (unpaired) electrons. The summed E-state index contributed by atoms with van der Waals surface area (Å²) in [6, 6.07) is 4.51. The van der Waals surface area contributed by atoms with Crippen LogP contribution in [-0.2, 0) is 16.6 Å². The van der Waals surface area contributed by atoms with Crippen LogP contribution in [0.25, 0.3) is 0 Å². The summed E-state index contributed by atoms with van der Waals surface area (Å²) in [5.41, 5.74) is 0.711. The minimum atomic E-state index is -3.66. The van der Waals surface area contributed by atoms with Crippen molar-refractivity contribution in [2.75, 3.05) is 32.9 Å². The molecule has 1 aromatic carbocycles. The molecule has 0 bridgehead atoms. The Hall–Kier alpha value is -1.49. The van der Waals surface area contributed by atoms with Gasteiger partial charge in [-0.2, -0.15) is 0 Å². The molecule has 25 heavy (non-hydrogen) atoms. The minimum Gasteiger partial charge on any atom is -0.395 e. The van der Waals surface area contributed by atoms with Crippen molar-refractivity contribution in [2.24, 2.45) is 5.92 Å². The zero-order valence-electron chi connectivity index (χ0n) is 13.9. The second-order valence-corrected chi connectivity index (χ2v) is 8.76. The van der Waals surface area contributed by atoms with Gasteiger partial charge in [0.1, 0.15) is 0 Å². The molecule has 1 aromatic rings. The monoisotopic (exact) mass is 378 g/mol. The van der Waals surface area contributed by atoms with Crippen molar-refractivity contribution in [1.82, 2.24) is 9.21 Å². The maximum atomic E-state index is 13.0. The molecule has 2 atom stereocenters. The predicted molar refractivity (Wildman–Crippen MR) is 84.9 cm³/mol. The molecule has 0 aromatic heterocycles. The second-order valence-electron chi connectivity index (χ2n) is 6.53. The fourth-order valence-electron chi connectivity index (χ4n) is 3.00. The third-order valence-corrected chi connectivity index (χ3v) is 6.30. The van der Waals surface area contributed by atoms with Crippen LogP contribution in [0.15, 0.2) is 18.2 Å². The Morgan fingerprint density at radius 1 is 1.28 bits per heavy atom. The molecule has 2 aliphatic heterocycles. The number of hydrogen-bond acceptors (Lipinski definition) is 6. The second kappa shape index (κ2) is 6.35. The van der Waals surface area contributed by atoms with Gasteiger partial charge in [0.2, 0.25) is 10.0 Å². The highest BCUT2D eigenvalue weighted by Gasteiger charge is 2.43. The average molecular weight is 378 g/mol. The summed E-state index contributed by atoms with van der Waals surface area (Å²) >= 11 is 0. The molecule has 0 aliphatic carbocycles. The first-order chi connectivity index (χ1) is 11.6. The van der Waals surface area contributed by atoms with E-state index < -0.39 is 28.3 Å². The number of nitrogens with zero attached hydrogens (tertiary/aromatic N) is 2. The number of sulfonamides is 1. The van der Waals surface area contributed by atoms with Gasteiger partial charge >= 0.3 is 6.29 Å². The number of aliphatic hydroxyl groups is 1. The van der Waals surface area contributed by atoms with Crippen LogP contribution in [0.5, 0.6) is 11.5 Å².